The van der Waals surface area contributed by atoms with Gasteiger partial charge in [0.15, 0.2) is 0 Å². The molecule has 1 fully saturated rings. The van der Waals surface area contributed by atoms with E-state index in [0.717, 1.165) is 48.0 Å². The molecule has 0 saturated heterocycles. The number of carbonyl (C=O) groups excluding carboxylic acids is 1. The molecule has 0 aromatic heterocycles. The molecule has 2 nitrogen and oxygen atoms in total. The zero-order chi connectivity index (χ0) is 17.5. The molecule has 1 aliphatic rings. The molecule has 126 valence electrons. The van der Waals surface area contributed by atoms with Gasteiger partial charge in [-0.1, -0.05) is 67.2 Å². The molecule has 0 amide bonds. The minimum Gasteiger partial charge on any atom is -0.422 e. The molecule has 2 aromatic carbocycles. The van der Waals surface area contributed by atoms with Crippen LogP contribution in [-0.4, -0.2) is 5.97 Å². The Balaban J connectivity index is 1.85. The summed E-state index contributed by atoms with van der Waals surface area (Å²) >= 11 is 0. The lowest BCUT2D eigenvalue weighted by Crippen LogP contribution is -2.07. The molecule has 25 heavy (non-hydrogen) atoms. The molecule has 1 saturated carbocycles. The van der Waals surface area contributed by atoms with Crippen molar-refractivity contribution in [2.24, 2.45) is 0 Å². The van der Waals surface area contributed by atoms with Crippen LogP contribution in [-0.2, 0) is 9.53 Å². The van der Waals surface area contributed by atoms with Gasteiger partial charge in [-0.15, -0.1) is 0 Å². The van der Waals surface area contributed by atoms with Crippen LogP contribution in [0.15, 0.2) is 84.5 Å². The van der Waals surface area contributed by atoms with Crippen molar-refractivity contribution in [3.8, 4) is 0 Å². The second-order valence-corrected chi connectivity index (χ2v) is 6.15. The molecule has 0 heterocycles. The molecule has 3 rings (SSSR count). The highest BCUT2D eigenvalue weighted by molar-refractivity contribution is 5.91. The van der Waals surface area contributed by atoms with Crippen LogP contribution in [0.3, 0.4) is 0 Å². The van der Waals surface area contributed by atoms with E-state index in [9.17, 15) is 4.79 Å². The molecule has 2 aromatic rings. The van der Waals surface area contributed by atoms with Crippen LogP contribution < -0.4 is 0 Å². The van der Waals surface area contributed by atoms with Crippen LogP contribution >= 0.6 is 0 Å². The number of benzene rings is 2. The third-order valence-electron chi connectivity index (χ3n) is 4.31. The molecule has 2 heteroatoms. The normalized spacial score (nSPS) is 16.7. The largest absolute Gasteiger partial charge is 0.422 e. The maximum Gasteiger partial charge on any atom is 0.336 e. The summed E-state index contributed by atoms with van der Waals surface area (Å²) in [5.74, 6) is 0.279. The van der Waals surface area contributed by atoms with Gasteiger partial charge in [-0.05, 0) is 48.5 Å². The quantitative estimate of drug-likeness (QED) is 0.403. The van der Waals surface area contributed by atoms with Crippen LogP contribution in [0.25, 0.3) is 11.8 Å². The van der Waals surface area contributed by atoms with Crippen LogP contribution in [0.2, 0.25) is 0 Å². The van der Waals surface area contributed by atoms with E-state index in [1.54, 1.807) is 6.08 Å². The van der Waals surface area contributed by atoms with Crippen molar-refractivity contribution >= 4 is 17.8 Å². The lowest BCUT2D eigenvalue weighted by molar-refractivity contribution is -0.131. The van der Waals surface area contributed by atoms with Gasteiger partial charge in [0, 0.05) is 11.6 Å². The van der Waals surface area contributed by atoms with E-state index in [0.29, 0.717) is 5.76 Å². The highest BCUT2D eigenvalue weighted by Crippen LogP contribution is 2.34. The fraction of sp³-hybridized carbons (Fsp3) is 0.174. The second kappa shape index (κ2) is 8.29. The Kier molecular flexibility index (Phi) is 5.63. The van der Waals surface area contributed by atoms with Crippen LogP contribution in [0, 0.1) is 0 Å². The number of ether oxygens (including phenoxy) is 1. The zero-order valence-electron chi connectivity index (χ0n) is 14.3. The topological polar surface area (TPSA) is 26.3 Å². The number of hydrogen-bond acceptors (Lipinski definition) is 2. The third-order valence-corrected chi connectivity index (χ3v) is 4.31. The smallest absolute Gasteiger partial charge is 0.336 e. The Hall–Kier alpha value is -2.87. The van der Waals surface area contributed by atoms with Crippen molar-refractivity contribution < 1.29 is 9.53 Å². The Morgan fingerprint density at radius 3 is 2.24 bits per heavy atom. The lowest BCUT2D eigenvalue weighted by Gasteiger charge is -2.21. The summed E-state index contributed by atoms with van der Waals surface area (Å²) in [6.45, 7) is 4.18. The Morgan fingerprint density at radius 1 is 0.920 bits per heavy atom. The van der Waals surface area contributed by atoms with E-state index >= 15 is 0 Å². The van der Waals surface area contributed by atoms with Crippen molar-refractivity contribution in [1.82, 2.24) is 0 Å². The van der Waals surface area contributed by atoms with Crippen LogP contribution in [0.4, 0.5) is 0 Å². The Labute approximate surface area is 149 Å². The maximum absolute atomic E-state index is 12.4. The average Bonchev–Trinajstić information content (AvgIpc) is 2.67. The molecule has 0 N–H and O–H groups in total. The molecule has 0 bridgehead atoms. The fourth-order valence-electron chi connectivity index (χ4n) is 2.99. The number of esters is 1. The van der Waals surface area contributed by atoms with Gasteiger partial charge in [0.05, 0.1) is 0 Å². The first-order valence-electron chi connectivity index (χ1n) is 8.66. The van der Waals surface area contributed by atoms with Gasteiger partial charge in [-0.3, -0.25) is 0 Å². The van der Waals surface area contributed by atoms with E-state index < -0.39 is 0 Å². The summed E-state index contributed by atoms with van der Waals surface area (Å²) in [4.78, 5) is 12.4. The minimum absolute atomic E-state index is 0.367. The Bertz CT molecular complexity index is 799. The number of rotatable bonds is 4. The molecule has 1 aliphatic carbocycles. The van der Waals surface area contributed by atoms with E-state index in [1.165, 1.54) is 6.08 Å². The third kappa shape index (κ3) is 4.57. The van der Waals surface area contributed by atoms with Crippen molar-refractivity contribution in [3.63, 3.8) is 0 Å². The van der Waals surface area contributed by atoms with E-state index in [1.807, 2.05) is 60.7 Å². The van der Waals surface area contributed by atoms with Crippen molar-refractivity contribution in [2.75, 3.05) is 0 Å². The van der Waals surface area contributed by atoms with E-state index in [4.69, 9.17) is 4.74 Å². The molecular formula is C23H22O2. The van der Waals surface area contributed by atoms with Gasteiger partial charge in [0.2, 0.25) is 0 Å². The highest BCUT2D eigenvalue weighted by Gasteiger charge is 2.19. The second-order valence-electron chi connectivity index (χ2n) is 6.15. The summed E-state index contributed by atoms with van der Waals surface area (Å²) < 4.78 is 5.76. The summed E-state index contributed by atoms with van der Waals surface area (Å²) in [6.07, 6.45) is 7.35. The summed E-state index contributed by atoms with van der Waals surface area (Å²) in [7, 11) is 0. The predicted octanol–water partition coefficient (Wildman–Crippen LogP) is 5.78. The first-order chi connectivity index (χ1) is 12.2. The van der Waals surface area contributed by atoms with Gasteiger partial charge >= 0.3 is 5.97 Å². The summed E-state index contributed by atoms with van der Waals surface area (Å²) in [5.41, 5.74) is 4.03. The van der Waals surface area contributed by atoms with Crippen LogP contribution in [0.1, 0.15) is 36.8 Å². The van der Waals surface area contributed by atoms with Gasteiger partial charge in [0.25, 0.3) is 0 Å². The Morgan fingerprint density at radius 2 is 1.56 bits per heavy atom. The first-order valence-corrected chi connectivity index (χ1v) is 8.66. The van der Waals surface area contributed by atoms with Crippen molar-refractivity contribution in [2.45, 2.75) is 25.7 Å². The van der Waals surface area contributed by atoms with E-state index in [2.05, 4.69) is 6.58 Å². The van der Waals surface area contributed by atoms with Crippen molar-refractivity contribution in [1.29, 1.82) is 0 Å². The maximum atomic E-state index is 12.4. The summed E-state index contributed by atoms with van der Waals surface area (Å²) in [6, 6.07) is 19.5. The molecule has 0 aliphatic heterocycles. The molecule has 0 unspecified atom stereocenters. The lowest BCUT2D eigenvalue weighted by atomic mass is 9.88. The fourth-order valence-corrected chi connectivity index (χ4v) is 2.99. The standard InChI is InChI=1S/C23H22O2/c1-18-10-8-9-15-21(18)23(20-13-6-3-7-14-20)25-22(24)17-16-19-11-4-2-5-12-19/h2-7,11-14,16-17H,1,8-10,15H2/b17-16+,23-21-. The average molecular weight is 330 g/mol. The van der Waals surface area contributed by atoms with Gasteiger partial charge in [-0.2, -0.15) is 0 Å². The molecule has 0 spiro atoms. The molecule has 0 radical (unpaired) electrons. The van der Waals surface area contributed by atoms with Gasteiger partial charge < -0.3 is 4.74 Å². The summed E-state index contributed by atoms with van der Waals surface area (Å²) in [5, 5.41) is 0. The molecule has 0 atom stereocenters. The van der Waals surface area contributed by atoms with Crippen molar-refractivity contribution in [3.05, 3.63) is 95.6 Å². The van der Waals surface area contributed by atoms with E-state index in [-0.39, 0.29) is 5.97 Å². The number of allylic oxidation sites excluding steroid dienone is 2. The number of carbonyl (C=O) groups is 1. The minimum atomic E-state index is -0.367. The van der Waals surface area contributed by atoms with Gasteiger partial charge in [-0.25, -0.2) is 4.79 Å². The molecular weight excluding hydrogens is 308 g/mol. The predicted molar refractivity (Wildman–Crippen MR) is 103 cm³/mol. The first kappa shape index (κ1) is 17.0. The number of hydrogen-bond donors (Lipinski definition) is 0. The zero-order valence-corrected chi connectivity index (χ0v) is 14.3. The van der Waals surface area contributed by atoms with Crippen LogP contribution in [0.5, 0.6) is 0 Å². The highest BCUT2D eigenvalue weighted by atomic mass is 16.5. The van der Waals surface area contributed by atoms with Gasteiger partial charge in [0.1, 0.15) is 5.76 Å². The SMILES string of the molecule is C=C1CCCC/C1=C(/OC(=O)/C=C/c1ccccc1)c1ccccc1. The monoisotopic (exact) mass is 330 g/mol.